The van der Waals surface area contributed by atoms with Crippen LogP contribution in [0.4, 0.5) is 0 Å². The molecule has 0 bridgehead atoms. The number of likely N-dealkylation sites (N-methyl/N-ethyl adjacent to an activating group) is 1. The van der Waals surface area contributed by atoms with Gasteiger partial charge in [-0.25, -0.2) is 0 Å². The van der Waals surface area contributed by atoms with E-state index in [-0.39, 0.29) is 0 Å². The molecule has 0 saturated heterocycles. The molecular formula is C11H20N2O. The Bertz CT molecular complexity index is 258. The molecule has 0 aliphatic heterocycles. The standard InChI is InChI=1S/C11H20N2O/c1-3-10-5-6-11(14-10)9-13(4-2)8-7-12/h5-6H,3-4,7-9,12H2,1-2H3. The van der Waals surface area contributed by atoms with E-state index in [0.717, 1.165) is 37.6 Å². The van der Waals surface area contributed by atoms with Crippen LogP contribution < -0.4 is 5.73 Å². The minimum atomic E-state index is 0.704. The van der Waals surface area contributed by atoms with Crippen LogP contribution in [0.3, 0.4) is 0 Å². The molecule has 1 heterocycles. The summed E-state index contributed by atoms with van der Waals surface area (Å²) in [6, 6.07) is 4.10. The van der Waals surface area contributed by atoms with Gasteiger partial charge in [0.25, 0.3) is 0 Å². The summed E-state index contributed by atoms with van der Waals surface area (Å²) in [7, 11) is 0. The van der Waals surface area contributed by atoms with E-state index in [4.69, 9.17) is 10.2 Å². The lowest BCUT2D eigenvalue weighted by atomic mass is 10.3. The van der Waals surface area contributed by atoms with Crippen molar-refractivity contribution in [2.45, 2.75) is 26.8 Å². The third-order valence-corrected chi connectivity index (χ3v) is 2.34. The molecule has 1 rings (SSSR count). The first-order chi connectivity index (χ1) is 6.80. The maximum atomic E-state index is 5.63. The second-order valence-electron chi connectivity index (χ2n) is 3.38. The van der Waals surface area contributed by atoms with Gasteiger partial charge in [-0.15, -0.1) is 0 Å². The van der Waals surface area contributed by atoms with Crippen LogP contribution in [-0.2, 0) is 13.0 Å². The molecule has 0 fully saturated rings. The minimum Gasteiger partial charge on any atom is -0.465 e. The molecule has 0 atom stereocenters. The molecule has 1 aromatic heterocycles. The maximum Gasteiger partial charge on any atom is 0.118 e. The van der Waals surface area contributed by atoms with Gasteiger partial charge in [0.1, 0.15) is 11.5 Å². The summed E-state index contributed by atoms with van der Waals surface area (Å²) in [6.45, 7) is 7.75. The lowest BCUT2D eigenvalue weighted by molar-refractivity contribution is 0.260. The fraction of sp³-hybridized carbons (Fsp3) is 0.636. The molecule has 2 N–H and O–H groups in total. The van der Waals surface area contributed by atoms with Crippen LogP contribution in [0.25, 0.3) is 0 Å². The first kappa shape index (κ1) is 11.3. The van der Waals surface area contributed by atoms with Gasteiger partial charge < -0.3 is 10.2 Å². The zero-order chi connectivity index (χ0) is 10.4. The number of hydrogen-bond acceptors (Lipinski definition) is 3. The number of hydrogen-bond donors (Lipinski definition) is 1. The molecule has 0 saturated carbocycles. The summed E-state index contributed by atoms with van der Waals surface area (Å²) >= 11 is 0. The molecule has 3 heteroatoms. The Morgan fingerprint density at radius 2 is 2.00 bits per heavy atom. The summed E-state index contributed by atoms with van der Waals surface area (Å²) in [5, 5.41) is 0. The fourth-order valence-corrected chi connectivity index (χ4v) is 1.45. The van der Waals surface area contributed by atoms with Gasteiger partial charge in [-0.05, 0) is 18.7 Å². The molecule has 0 amide bonds. The van der Waals surface area contributed by atoms with Crippen molar-refractivity contribution in [2.24, 2.45) is 5.73 Å². The van der Waals surface area contributed by atoms with E-state index in [1.54, 1.807) is 0 Å². The first-order valence-electron chi connectivity index (χ1n) is 5.30. The van der Waals surface area contributed by atoms with Gasteiger partial charge in [0, 0.05) is 19.5 Å². The third-order valence-electron chi connectivity index (χ3n) is 2.34. The molecule has 80 valence electrons. The Balaban J connectivity index is 2.48. The Kier molecular flexibility index (Phi) is 4.70. The Morgan fingerprint density at radius 1 is 1.29 bits per heavy atom. The highest BCUT2D eigenvalue weighted by Crippen LogP contribution is 2.10. The van der Waals surface area contributed by atoms with Crippen LogP contribution in [0, 0.1) is 0 Å². The average molecular weight is 196 g/mol. The average Bonchev–Trinajstić information content (AvgIpc) is 2.65. The zero-order valence-corrected chi connectivity index (χ0v) is 9.12. The van der Waals surface area contributed by atoms with Crippen LogP contribution in [0.5, 0.6) is 0 Å². The Morgan fingerprint density at radius 3 is 2.50 bits per heavy atom. The molecule has 0 radical (unpaired) electrons. The second kappa shape index (κ2) is 5.83. The van der Waals surface area contributed by atoms with Crippen molar-refractivity contribution in [1.29, 1.82) is 0 Å². The quantitative estimate of drug-likeness (QED) is 0.752. The summed E-state index contributed by atoms with van der Waals surface area (Å²) in [5.74, 6) is 2.10. The number of nitrogens with zero attached hydrogens (tertiary/aromatic N) is 1. The maximum absolute atomic E-state index is 5.63. The number of nitrogens with two attached hydrogens (primary N) is 1. The highest BCUT2D eigenvalue weighted by Gasteiger charge is 2.05. The lowest BCUT2D eigenvalue weighted by Gasteiger charge is -2.17. The van der Waals surface area contributed by atoms with Crippen LogP contribution in [-0.4, -0.2) is 24.5 Å². The van der Waals surface area contributed by atoms with Crippen LogP contribution in [0.1, 0.15) is 25.4 Å². The molecule has 0 aliphatic rings. The fourth-order valence-electron chi connectivity index (χ4n) is 1.45. The molecular weight excluding hydrogens is 176 g/mol. The highest BCUT2D eigenvalue weighted by atomic mass is 16.3. The number of rotatable bonds is 6. The second-order valence-corrected chi connectivity index (χ2v) is 3.38. The van der Waals surface area contributed by atoms with Crippen molar-refractivity contribution >= 4 is 0 Å². The monoisotopic (exact) mass is 196 g/mol. The SMILES string of the molecule is CCc1ccc(CN(CC)CCN)o1. The van der Waals surface area contributed by atoms with Gasteiger partial charge in [-0.2, -0.15) is 0 Å². The third kappa shape index (κ3) is 3.16. The van der Waals surface area contributed by atoms with Crippen molar-refractivity contribution in [3.63, 3.8) is 0 Å². The van der Waals surface area contributed by atoms with Crippen molar-refractivity contribution < 1.29 is 4.42 Å². The summed E-state index contributed by atoms with van der Waals surface area (Å²) in [5.41, 5.74) is 5.52. The van der Waals surface area contributed by atoms with Crippen LogP contribution >= 0.6 is 0 Å². The topological polar surface area (TPSA) is 42.4 Å². The minimum absolute atomic E-state index is 0.704. The van der Waals surface area contributed by atoms with Gasteiger partial charge in [0.15, 0.2) is 0 Å². The molecule has 0 unspecified atom stereocenters. The Hall–Kier alpha value is -0.800. The molecule has 0 aliphatic carbocycles. The number of furan rings is 1. The van der Waals surface area contributed by atoms with E-state index in [2.05, 4.69) is 24.8 Å². The van der Waals surface area contributed by atoms with Crippen molar-refractivity contribution in [1.82, 2.24) is 4.90 Å². The molecule has 1 aromatic rings. The molecule has 3 nitrogen and oxygen atoms in total. The van der Waals surface area contributed by atoms with E-state index in [0.29, 0.717) is 6.54 Å². The molecule has 0 spiro atoms. The largest absolute Gasteiger partial charge is 0.465 e. The van der Waals surface area contributed by atoms with E-state index < -0.39 is 0 Å². The van der Waals surface area contributed by atoms with E-state index >= 15 is 0 Å². The van der Waals surface area contributed by atoms with E-state index in [9.17, 15) is 0 Å². The zero-order valence-electron chi connectivity index (χ0n) is 9.12. The van der Waals surface area contributed by atoms with E-state index in [1.807, 2.05) is 6.07 Å². The highest BCUT2D eigenvalue weighted by molar-refractivity contribution is 5.06. The van der Waals surface area contributed by atoms with E-state index in [1.165, 1.54) is 0 Å². The van der Waals surface area contributed by atoms with Gasteiger partial charge >= 0.3 is 0 Å². The van der Waals surface area contributed by atoms with Gasteiger partial charge in [-0.1, -0.05) is 13.8 Å². The van der Waals surface area contributed by atoms with Gasteiger partial charge in [-0.3, -0.25) is 4.90 Å². The van der Waals surface area contributed by atoms with Crippen molar-refractivity contribution in [3.05, 3.63) is 23.7 Å². The molecule has 0 aromatic carbocycles. The smallest absolute Gasteiger partial charge is 0.118 e. The normalized spacial score (nSPS) is 11.1. The summed E-state index contributed by atoms with van der Waals surface area (Å²) in [6.07, 6.45) is 0.961. The first-order valence-corrected chi connectivity index (χ1v) is 5.30. The lowest BCUT2D eigenvalue weighted by Crippen LogP contribution is -2.28. The van der Waals surface area contributed by atoms with Crippen LogP contribution in [0.2, 0.25) is 0 Å². The number of aryl methyl sites for hydroxylation is 1. The summed E-state index contributed by atoms with van der Waals surface area (Å²) < 4.78 is 5.63. The predicted molar refractivity (Wildman–Crippen MR) is 58.1 cm³/mol. The van der Waals surface area contributed by atoms with Gasteiger partial charge in [0.05, 0.1) is 6.54 Å². The van der Waals surface area contributed by atoms with Gasteiger partial charge in [0.2, 0.25) is 0 Å². The Labute approximate surface area is 85.9 Å². The molecule has 14 heavy (non-hydrogen) atoms. The van der Waals surface area contributed by atoms with Crippen LogP contribution in [0.15, 0.2) is 16.5 Å². The van der Waals surface area contributed by atoms with Crippen molar-refractivity contribution in [2.75, 3.05) is 19.6 Å². The summed E-state index contributed by atoms with van der Waals surface area (Å²) in [4.78, 5) is 2.28. The van der Waals surface area contributed by atoms with Crippen molar-refractivity contribution in [3.8, 4) is 0 Å². The predicted octanol–water partition coefficient (Wildman–Crippen LogP) is 1.62.